The summed E-state index contributed by atoms with van der Waals surface area (Å²) >= 11 is 3.47. The maximum absolute atomic E-state index is 13.4. The van der Waals surface area contributed by atoms with E-state index in [2.05, 4.69) is 15.9 Å². The number of halogens is 1. The maximum atomic E-state index is 13.4. The topological polar surface area (TPSA) is 79.3 Å². The summed E-state index contributed by atoms with van der Waals surface area (Å²) in [4.78, 5) is 30.2. The molecule has 8 heteroatoms. The predicted octanol–water partition coefficient (Wildman–Crippen LogP) is 5.22. The molecule has 0 spiro atoms. The van der Waals surface area contributed by atoms with E-state index in [1.54, 1.807) is 30.3 Å². The normalized spacial score (nSPS) is 18.4. The first kappa shape index (κ1) is 23.9. The fraction of sp³-hybridized carbons (Fsp3) is 0.214. The van der Waals surface area contributed by atoms with Crippen molar-refractivity contribution >= 4 is 44.8 Å². The van der Waals surface area contributed by atoms with Gasteiger partial charge in [-0.1, -0.05) is 34.1 Å². The molecule has 7 nitrogen and oxygen atoms in total. The summed E-state index contributed by atoms with van der Waals surface area (Å²) < 4.78 is 12.2. The molecule has 1 unspecified atom stereocenters. The third kappa shape index (κ3) is 4.11. The van der Waals surface area contributed by atoms with Gasteiger partial charge in [0.1, 0.15) is 19.0 Å². The largest absolute Gasteiger partial charge is 0.507 e. The second-order valence-electron chi connectivity index (χ2n) is 8.95. The Labute approximate surface area is 217 Å². The van der Waals surface area contributed by atoms with E-state index in [-0.39, 0.29) is 11.3 Å². The van der Waals surface area contributed by atoms with Crippen LogP contribution in [0, 0.1) is 6.92 Å². The van der Waals surface area contributed by atoms with Crippen molar-refractivity contribution in [3.63, 3.8) is 0 Å². The maximum Gasteiger partial charge on any atom is 0.300 e. The molecule has 1 fully saturated rings. The van der Waals surface area contributed by atoms with Gasteiger partial charge in [0.25, 0.3) is 11.7 Å². The van der Waals surface area contributed by atoms with Gasteiger partial charge in [0.15, 0.2) is 11.5 Å². The predicted molar refractivity (Wildman–Crippen MR) is 142 cm³/mol. The van der Waals surface area contributed by atoms with E-state index in [9.17, 15) is 14.7 Å². The smallest absolute Gasteiger partial charge is 0.300 e. The first-order valence-corrected chi connectivity index (χ1v) is 12.3. The molecule has 3 aromatic carbocycles. The van der Waals surface area contributed by atoms with Crippen molar-refractivity contribution in [1.29, 1.82) is 0 Å². The molecule has 2 aliphatic heterocycles. The van der Waals surface area contributed by atoms with Crippen LogP contribution in [0.4, 0.5) is 11.4 Å². The van der Waals surface area contributed by atoms with E-state index in [0.717, 1.165) is 15.7 Å². The van der Waals surface area contributed by atoms with Crippen LogP contribution in [-0.2, 0) is 9.59 Å². The molecule has 1 atom stereocenters. The average molecular weight is 549 g/mol. The molecule has 3 aromatic rings. The second-order valence-corrected chi connectivity index (χ2v) is 9.80. The first-order chi connectivity index (χ1) is 17.3. The summed E-state index contributed by atoms with van der Waals surface area (Å²) in [5.74, 6) is -0.594. The van der Waals surface area contributed by atoms with Crippen LogP contribution < -0.4 is 19.3 Å². The minimum Gasteiger partial charge on any atom is -0.507 e. The number of ether oxygens (including phenoxy) is 2. The van der Waals surface area contributed by atoms with Gasteiger partial charge in [0.05, 0.1) is 11.6 Å². The van der Waals surface area contributed by atoms with Gasteiger partial charge in [-0.25, -0.2) is 0 Å². The van der Waals surface area contributed by atoms with Gasteiger partial charge in [0, 0.05) is 41.6 Å². The van der Waals surface area contributed by atoms with Crippen LogP contribution >= 0.6 is 15.9 Å². The lowest BCUT2D eigenvalue weighted by Crippen LogP contribution is -2.29. The average Bonchev–Trinajstić information content (AvgIpc) is 3.15. The monoisotopic (exact) mass is 548 g/mol. The Kier molecular flexibility index (Phi) is 6.22. The van der Waals surface area contributed by atoms with Crippen molar-refractivity contribution in [2.75, 3.05) is 37.1 Å². The van der Waals surface area contributed by atoms with Crippen molar-refractivity contribution in [3.8, 4) is 11.5 Å². The fourth-order valence-corrected chi connectivity index (χ4v) is 4.74. The lowest BCUT2D eigenvalue weighted by atomic mass is 9.94. The molecule has 1 amide bonds. The first-order valence-electron chi connectivity index (χ1n) is 11.5. The lowest BCUT2D eigenvalue weighted by molar-refractivity contribution is -0.132. The van der Waals surface area contributed by atoms with Gasteiger partial charge >= 0.3 is 0 Å². The van der Waals surface area contributed by atoms with Gasteiger partial charge < -0.3 is 19.5 Å². The quantitative estimate of drug-likeness (QED) is 0.273. The van der Waals surface area contributed by atoms with Gasteiger partial charge in [0.2, 0.25) is 0 Å². The van der Waals surface area contributed by atoms with E-state index in [0.29, 0.717) is 41.5 Å². The molecule has 184 valence electrons. The summed E-state index contributed by atoms with van der Waals surface area (Å²) in [6.07, 6.45) is 0. The van der Waals surface area contributed by atoms with E-state index in [1.165, 1.54) is 4.90 Å². The SMILES string of the molecule is Cc1cc(/C(O)=C2\C(=O)C(=O)N(c3ccc4c(c3)OCCO4)C2c2ccc(N(C)C)cc2)ccc1Br. The zero-order valence-corrected chi connectivity index (χ0v) is 21.7. The van der Waals surface area contributed by atoms with Crippen molar-refractivity contribution in [3.05, 3.63) is 87.4 Å². The molecule has 0 radical (unpaired) electrons. The number of aliphatic hydroxyl groups is 1. The zero-order chi connectivity index (χ0) is 25.6. The Morgan fingerprint density at radius 3 is 2.33 bits per heavy atom. The van der Waals surface area contributed by atoms with Gasteiger partial charge in [-0.05, 0) is 54.4 Å². The Bertz CT molecular complexity index is 1400. The minimum absolute atomic E-state index is 0.0363. The second kappa shape index (κ2) is 9.35. The van der Waals surface area contributed by atoms with E-state index in [4.69, 9.17) is 9.47 Å². The number of carbonyl (C=O) groups is 2. The van der Waals surface area contributed by atoms with Crippen molar-refractivity contribution < 1.29 is 24.2 Å². The van der Waals surface area contributed by atoms with Gasteiger partial charge in [-0.15, -0.1) is 0 Å². The molecule has 5 rings (SSSR count). The molecule has 0 aliphatic carbocycles. The number of benzene rings is 3. The van der Waals surface area contributed by atoms with Gasteiger partial charge in [-0.3, -0.25) is 14.5 Å². The van der Waals surface area contributed by atoms with Crippen molar-refractivity contribution in [1.82, 2.24) is 0 Å². The highest BCUT2D eigenvalue weighted by atomic mass is 79.9. The number of carbonyl (C=O) groups excluding carboxylic acids is 2. The van der Waals surface area contributed by atoms with Crippen LogP contribution in [0.15, 0.2) is 70.7 Å². The molecule has 0 bridgehead atoms. The highest BCUT2D eigenvalue weighted by molar-refractivity contribution is 9.10. The number of amides is 1. The summed E-state index contributed by atoms with van der Waals surface area (Å²) in [5, 5.41) is 11.4. The molecule has 1 N–H and O–H groups in total. The summed E-state index contributed by atoms with van der Waals surface area (Å²) in [5.41, 5.74) is 3.55. The van der Waals surface area contributed by atoms with Crippen LogP contribution in [0.3, 0.4) is 0 Å². The van der Waals surface area contributed by atoms with Gasteiger partial charge in [-0.2, -0.15) is 0 Å². The molecular weight excluding hydrogens is 524 g/mol. The molecule has 36 heavy (non-hydrogen) atoms. The molecule has 0 aromatic heterocycles. The van der Waals surface area contributed by atoms with Crippen LogP contribution in [0.25, 0.3) is 5.76 Å². The fourth-order valence-electron chi connectivity index (χ4n) is 4.50. The number of anilines is 2. The highest BCUT2D eigenvalue weighted by Crippen LogP contribution is 2.45. The summed E-state index contributed by atoms with van der Waals surface area (Å²) in [7, 11) is 3.87. The summed E-state index contributed by atoms with van der Waals surface area (Å²) in [6, 6.07) is 17.2. The molecule has 0 saturated carbocycles. The highest BCUT2D eigenvalue weighted by Gasteiger charge is 2.47. The Morgan fingerprint density at radius 2 is 1.67 bits per heavy atom. The third-order valence-electron chi connectivity index (χ3n) is 6.40. The van der Waals surface area contributed by atoms with E-state index in [1.807, 2.05) is 56.3 Å². The van der Waals surface area contributed by atoms with Crippen molar-refractivity contribution in [2.24, 2.45) is 0 Å². The number of ketones is 1. The third-order valence-corrected chi connectivity index (χ3v) is 7.29. The van der Waals surface area contributed by atoms with Crippen LogP contribution in [-0.4, -0.2) is 44.1 Å². The van der Waals surface area contributed by atoms with E-state index >= 15 is 0 Å². The molecule has 2 aliphatic rings. The number of hydrogen-bond acceptors (Lipinski definition) is 6. The Balaban J connectivity index is 1.69. The Hall–Kier alpha value is -3.78. The van der Waals surface area contributed by atoms with E-state index < -0.39 is 17.7 Å². The minimum atomic E-state index is -0.826. The number of fused-ring (bicyclic) bond motifs is 1. The zero-order valence-electron chi connectivity index (χ0n) is 20.1. The van der Waals surface area contributed by atoms with Crippen LogP contribution in [0.5, 0.6) is 11.5 Å². The number of aryl methyl sites for hydroxylation is 1. The number of nitrogens with zero attached hydrogens (tertiary/aromatic N) is 2. The Morgan fingerprint density at radius 1 is 0.972 bits per heavy atom. The number of hydrogen-bond donors (Lipinski definition) is 1. The van der Waals surface area contributed by atoms with Crippen LogP contribution in [0.2, 0.25) is 0 Å². The number of aliphatic hydroxyl groups excluding tert-OH is 1. The molecular formula is C28H25BrN2O5. The molecule has 2 heterocycles. The van der Waals surface area contributed by atoms with Crippen molar-refractivity contribution in [2.45, 2.75) is 13.0 Å². The lowest BCUT2D eigenvalue weighted by Gasteiger charge is -2.27. The van der Waals surface area contributed by atoms with Crippen LogP contribution in [0.1, 0.15) is 22.7 Å². The number of rotatable bonds is 4. The standard InChI is InChI=1S/C28H25BrN2O5/c1-16-14-18(6-10-21(16)29)26(32)24-25(17-4-7-19(8-5-17)30(2)3)31(28(34)27(24)33)20-9-11-22-23(15-20)36-13-12-35-22/h4-11,14-15,25,32H,12-13H2,1-3H3/b26-24+. The number of Topliss-reactive ketones (excluding diaryl/α,β-unsaturated/α-hetero) is 1. The summed E-state index contributed by atoms with van der Waals surface area (Å²) in [6.45, 7) is 2.74. The molecule has 1 saturated heterocycles.